The number of amides is 5. The number of urea groups is 1. The Hall–Kier alpha value is -3.62. The molecule has 4 rings (SSSR count). The van der Waals surface area contributed by atoms with Gasteiger partial charge in [0.15, 0.2) is 5.76 Å². The van der Waals surface area contributed by atoms with Crippen LogP contribution in [0.15, 0.2) is 53.1 Å². The van der Waals surface area contributed by atoms with E-state index in [0.717, 1.165) is 4.90 Å². The van der Waals surface area contributed by atoms with Gasteiger partial charge in [0.25, 0.3) is 11.8 Å². The van der Waals surface area contributed by atoms with E-state index in [9.17, 15) is 19.2 Å². The van der Waals surface area contributed by atoms with Crippen LogP contribution in [0.1, 0.15) is 23.0 Å². The molecule has 1 aromatic carbocycles. The molecule has 9 heteroatoms. The van der Waals surface area contributed by atoms with E-state index in [-0.39, 0.29) is 24.1 Å². The van der Waals surface area contributed by atoms with Crippen LogP contribution in [0.2, 0.25) is 0 Å². The molecule has 2 aliphatic heterocycles. The first-order chi connectivity index (χ1) is 14.4. The van der Waals surface area contributed by atoms with Crippen molar-refractivity contribution in [3.8, 4) is 0 Å². The molecule has 0 aliphatic carbocycles. The molecule has 9 nitrogen and oxygen atoms in total. The lowest BCUT2D eigenvalue weighted by atomic mass is 9.92. The summed E-state index contributed by atoms with van der Waals surface area (Å²) in [7, 11) is 0. The molecule has 1 N–H and O–H groups in total. The Balaban J connectivity index is 1.37. The van der Waals surface area contributed by atoms with Crippen molar-refractivity contribution in [3.63, 3.8) is 0 Å². The fraction of sp³-hybridized carbons (Fsp3) is 0.333. The minimum Gasteiger partial charge on any atom is -0.459 e. The fourth-order valence-electron chi connectivity index (χ4n) is 3.76. The summed E-state index contributed by atoms with van der Waals surface area (Å²) >= 11 is 0. The summed E-state index contributed by atoms with van der Waals surface area (Å²) in [6.07, 6.45) is 1.44. The minimum absolute atomic E-state index is 0.222. The number of piperazine rings is 1. The summed E-state index contributed by atoms with van der Waals surface area (Å²) in [4.78, 5) is 54.5. The summed E-state index contributed by atoms with van der Waals surface area (Å²) in [6.45, 7) is 2.65. The zero-order chi connectivity index (χ0) is 21.3. The molecule has 1 aromatic heterocycles. The molecule has 2 aliphatic rings. The van der Waals surface area contributed by atoms with Crippen molar-refractivity contribution in [3.05, 3.63) is 60.1 Å². The second kappa shape index (κ2) is 7.66. The normalized spacial score (nSPS) is 21.7. The SMILES string of the molecule is C[C@@]1(c2ccccc2)NC(=O)N(CC(=O)N2CCN(C(=O)c3ccco3)CC2)C1=O. The molecule has 2 aromatic rings. The van der Waals surface area contributed by atoms with Crippen molar-refractivity contribution in [2.24, 2.45) is 0 Å². The second-order valence-corrected chi connectivity index (χ2v) is 7.46. The third kappa shape index (κ3) is 3.42. The number of furan rings is 1. The summed E-state index contributed by atoms with van der Waals surface area (Å²) in [6, 6.07) is 11.6. The van der Waals surface area contributed by atoms with Gasteiger partial charge in [-0.3, -0.25) is 19.3 Å². The number of rotatable bonds is 4. The van der Waals surface area contributed by atoms with Crippen LogP contribution in [0, 0.1) is 0 Å². The van der Waals surface area contributed by atoms with Crippen LogP contribution < -0.4 is 5.32 Å². The maximum Gasteiger partial charge on any atom is 0.325 e. The predicted octanol–water partition coefficient (Wildman–Crippen LogP) is 1.03. The molecule has 156 valence electrons. The van der Waals surface area contributed by atoms with Gasteiger partial charge in [0.1, 0.15) is 12.1 Å². The number of carbonyl (C=O) groups is 4. The first kappa shape index (κ1) is 19.7. The first-order valence-corrected chi connectivity index (χ1v) is 9.70. The van der Waals surface area contributed by atoms with Gasteiger partial charge < -0.3 is 19.5 Å². The summed E-state index contributed by atoms with van der Waals surface area (Å²) in [5.74, 6) is -0.756. The molecule has 30 heavy (non-hydrogen) atoms. The average Bonchev–Trinajstić information content (AvgIpc) is 3.38. The van der Waals surface area contributed by atoms with E-state index in [0.29, 0.717) is 31.7 Å². The molecular weight excluding hydrogens is 388 g/mol. The van der Waals surface area contributed by atoms with Crippen molar-refractivity contribution in [1.29, 1.82) is 0 Å². The first-order valence-electron chi connectivity index (χ1n) is 9.70. The lowest BCUT2D eigenvalue weighted by Crippen LogP contribution is -2.53. The molecule has 0 spiro atoms. The predicted molar refractivity (Wildman–Crippen MR) is 105 cm³/mol. The highest BCUT2D eigenvalue weighted by Crippen LogP contribution is 2.28. The summed E-state index contributed by atoms with van der Waals surface area (Å²) < 4.78 is 5.13. The number of imide groups is 1. The highest BCUT2D eigenvalue weighted by Gasteiger charge is 2.49. The van der Waals surface area contributed by atoms with Gasteiger partial charge in [0.2, 0.25) is 5.91 Å². The number of nitrogens with one attached hydrogen (secondary N) is 1. The van der Waals surface area contributed by atoms with Crippen molar-refractivity contribution in [2.45, 2.75) is 12.5 Å². The maximum atomic E-state index is 12.9. The maximum absolute atomic E-state index is 12.9. The van der Waals surface area contributed by atoms with E-state index >= 15 is 0 Å². The minimum atomic E-state index is -1.20. The lowest BCUT2D eigenvalue weighted by Gasteiger charge is -2.34. The second-order valence-electron chi connectivity index (χ2n) is 7.46. The summed E-state index contributed by atoms with van der Waals surface area (Å²) in [5, 5.41) is 2.70. The van der Waals surface area contributed by atoms with Crippen molar-refractivity contribution >= 4 is 23.8 Å². The Morgan fingerprint density at radius 3 is 2.30 bits per heavy atom. The molecule has 2 saturated heterocycles. The Morgan fingerprint density at radius 1 is 1.00 bits per heavy atom. The van der Waals surface area contributed by atoms with Crippen LogP contribution in [0.4, 0.5) is 4.79 Å². The molecule has 5 amide bonds. The fourth-order valence-corrected chi connectivity index (χ4v) is 3.76. The van der Waals surface area contributed by atoms with E-state index in [4.69, 9.17) is 4.42 Å². The Kier molecular flexibility index (Phi) is 5.03. The zero-order valence-corrected chi connectivity index (χ0v) is 16.5. The van der Waals surface area contributed by atoms with Gasteiger partial charge in [0.05, 0.1) is 6.26 Å². The zero-order valence-electron chi connectivity index (χ0n) is 16.5. The highest BCUT2D eigenvalue weighted by atomic mass is 16.3. The van der Waals surface area contributed by atoms with Gasteiger partial charge >= 0.3 is 6.03 Å². The van der Waals surface area contributed by atoms with Crippen LogP contribution in [0.3, 0.4) is 0 Å². The Bertz CT molecular complexity index is 967. The van der Waals surface area contributed by atoms with Crippen LogP contribution in [-0.2, 0) is 15.1 Å². The topological polar surface area (TPSA) is 103 Å². The van der Waals surface area contributed by atoms with Gasteiger partial charge in [-0.15, -0.1) is 0 Å². The third-order valence-electron chi connectivity index (χ3n) is 5.57. The van der Waals surface area contributed by atoms with Gasteiger partial charge in [-0.25, -0.2) is 4.79 Å². The monoisotopic (exact) mass is 410 g/mol. The number of benzene rings is 1. The van der Waals surface area contributed by atoms with Crippen molar-refractivity contribution < 1.29 is 23.6 Å². The quantitative estimate of drug-likeness (QED) is 0.759. The Labute approximate surface area is 173 Å². The standard InChI is InChI=1S/C21H22N4O5/c1-21(15-6-3-2-4-7-15)19(28)25(20(29)22-21)14-17(26)23-9-11-24(12-10-23)18(27)16-8-5-13-30-16/h2-8,13H,9-12,14H2,1H3,(H,22,29)/t21-/m0/s1. The highest BCUT2D eigenvalue weighted by molar-refractivity contribution is 6.09. The van der Waals surface area contributed by atoms with Gasteiger partial charge in [-0.2, -0.15) is 0 Å². The smallest absolute Gasteiger partial charge is 0.325 e. The molecule has 0 saturated carbocycles. The van der Waals surface area contributed by atoms with Gasteiger partial charge in [-0.05, 0) is 24.6 Å². The number of hydrogen-bond acceptors (Lipinski definition) is 5. The van der Waals surface area contributed by atoms with Crippen LogP contribution in [0.5, 0.6) is 0 Å². The molecule has 2 fully saturated rings. The molecule has 0 radical (unpaired) electrons. The Morgan fingerprint density at radius 2 is 1.67 bits per heavy atom. The van der Waals surface area contributed by atoms with E-state index in [1.165, 1.54) is 6.26 Å². The van der Waals surface area contributed by atoms with E-state index in [1.807, 2.05) is 6.07 Å². The number of hydrogen-bond donors (Lipinski definition) is 1. The average molecular weight is 410 g/mol. The summed E-state index contributed by atoms with van der Waals surface area (Å²) in [5.41, 5.74) is -0.546. The van der Waals surface area contributed by atoms with Gasteiger partial charge in [0, 0.05) is 26.2 Å². The van der Waals surface area contributed by atoms with Crippen molar-refractivity contribution in [1.82, 2.24) is 20.0 Å². The van der Waals surface area contributed by atoms with Crippen LogP contribution in [-0.4, -0.2) is 71.2 Å². The largest absolute Gasteiger partial charge is 0.459 e. The van der Waals surface area contributed by atoms with Gasteiger partial charge in [-0.1, -0.05) is 30.3 Å². The molecule has 0 unspecified atom stereocenters. The number of nitrogens with zero attached hydrogens (tertiary/aromatic N) is 3. The van der Waals surface area contributed by atoms with Crippen LogP contribution >= 0.6 is 0 Å². The molecule has 3 heterocycles. The van der Waals surface area contributed by atoms with E-state index in [2.05, 4.69) is 5.32 Å². The third-order valence-corrected chi connectivity index (χ3v) is 5.57. The van der Waals surface area contributed by atoms with E-state index < -0.39 is 17.5 Å². The van der Waals surface area contributed by atoms with E-state index in [1.54, 1.807) is 53.1 Å². The lowest BCUT2D eigenvalue weighted by molar-refractivity contribution is -0.139. The molecular formula is C21H22N4O5. The van der Waals surface area contributed by atoms with Crippen LogP contribution in [0.25, 0.3) is 0 Å². The number of carbonyl (C=O) groups excluding carboxylic acids is 4. The molecule has 0 bridgehead atoms. The molecule has 1 atom stereocenters. The van der Waals surface area contributed by atoms with Crippen molar-refractivity contribution in [2.75, 3.05) is 32.7 Å².